The Morgan fingerprint density at radius 1 is 1.06 bits per heavy atom. The Hall–Kier alpha value is -3.98. The van der Waals surface area contributed by atoms with Crippen molar-refractivity contribution in [3.63, 3.8) is 0 Å². The molecule has 0 saturated carbocycles. The summed E-state index contributed by atoms with van der Waals surface area (Å²) in [5, 5.41) is 13.5. The largest absolute Gasteiger partial charge is 0.471 e. The average molecular weight is 490 g/mol. The van der Waals surface area contributed by atoms with Gasteiger partial charge in [0.05, 0.1) is 11.7 Å². The molecule has 9 nitrogen and oxygen atoms in total. The highest BCUT2D eigenvalue weighted by Gasteiger charge is 2.23. The van der Waals surface area contributed by atoms with Gasteiger partial charge in [-0.15, -0.1) is 0 Å². The molecule has 1 unspecified atom stereocenters. The zero-order valence-corrected chi connectivity index (χ0v) is 20.9. The Balaban J connectivity index is 1.49. The number of carbonyl (C=O) groups excluding carboxylic acids is 1. The van der Waals surface area contributed by atoms with Gasteiger partial charge in [0.25, 0.3) is 0 Å². The van der Waals surface area contributed by atoms with Gasteiger partial charge in [0.2, 0.25) is 11.8 Å². The molecule has 2 aromatic heterocycles. The number of benzene rings is 2. The van der Waals surface area contributed by atoms with Crippen LogP contribution in [0.5, 0.6) is 11.6 Å². The van der Waals surface area contributed by atoms with Gasteiger partial charge in [-0.3, -0.25) is 4.79 Å². The molecule has 0 radical (unpaired) electrons. The Bertz CT molecular complexity index is 1310. The molecule has 2 aromatic carbocycles. The standard InChI is InChI=1S/C27H31N5O4/c1-5-32-17-28-22-23(32)30-26(29-21(33)15-18-9-7-6-8-10-18)31-24(22)35-16-19-11-13-20(14-12-19)36-25(34)27(2,3)4/h6-14,17,21,33H,5,15-16H2,1-4H3,(H,29,30,31). The highest BCUT2D eigenvalue weighted by atomic mass is 16.5. The van der Waals surface area contributed by atoms with E-state index in [1.54, 1.807) is 18.5 Å². The number of anilines is 1. The molecule has 9 heteroatoms. The molecule has 2 N–H and O–H groups in total. The lowest BCUT2D eigenvalue weighted by Crippen LogP contribution is -2.25. The minimum absolute atomic E-state index is 0.227. The van der Waals surface area contributed by atoms with Crippen LogP contribution in [0.25, 0.3) is 11.2 Å². The van der Waals surface area contributed by atoms with Crippen LogP contribution in [-0.4, -0.2) is 36.8 Å². The maximum atomic E-state index is 12.1. The van der Waals surface area contributed by atoms with E-state index in [2.05, 4.69) is 20.3 Å². The monoisotopic (exact) mass is 489 g/mol. The number of aliphatic hydroxyl groups is 1. The second-order valence-corrected chi connectivity index (χ2v) is 9.48. The second kappa shape index (κ2) is 10.7. The van der Waals surface area contributed by atoms with Crippen LogP contribution >= 0.6 is 0 Å². The summed E-state index contributed by atoms with van der Waals surface area (Å²) >= 11 is 0. The number of imidazole rings is 1. The first kappa shape index (κ1) is 25.1. The fraction of sp³-hybridized carbons (Fsp3) is 0.333. The molecule has 188 valence electrons. The lowest BCUT2D eigenvalue weighted by molar-refractivity contribution is -0.143. The van der Waals surface area contributed by atoms with Gasteiger partial charge in [0, 0.05) is 13.0 Å². The summed E-state index contributed by atoms with van der Waals surface area (Å²) < 4.78 is 13.3. The van der Waals surface area contributed by atoms with Gasteiger partial charge in [-0.2, -0.15) is 9.97 Å². The summed E-state index contributed by atoms with van der Waals surface area (Å²) in [5.41, 5.74) is 2.43. The van der Waals surface area contributed by atoms with Crippen LogP contribution in [0.15, 0.2) is 60.9 Å². The first-order valence-corrected chi connectivity index (χ1v) is 11.9. The second-order valence-electron chi connectivity index (χ2n) is 9.48. The molecule has 0 aliphatic carbocycles. The zero-order chi connectivity index (χ0) is 25.7. The highest BCUT2D eigenvalue weighted by molar-refractivity contribution is 5.78. The van der Waals surface area contributed by atoms with Crippen LogP contribution in [0.2, 0.25) is 0 Å². The fourth-order valence-corrected chi connectivity index (χ4v) is 3.42. The molecule has 0 aliphatic heterocycles. The lowest BCUT2D eigenvalue weighted by atomic mass is 9.97. The molecule has 0 fully saturated rings. The minimum atomic E-state index is -0.876. The van der Waals surface area contributed by atoms with Crippen molar-refractivity contribution in [2.45, 2.75) is 53.5 Å². The molecule has 0 bridgehead atoms. The van der Waals surface area contributed by atoms with Gasteiger partial charge in [-0.1, -0.05) is 42.5 Å². The predicted molar refractivity (Wildman–Crippen MR) is 137 cm³/mol. The summed E-state index contributed by atoms with van der Waals surface area (Å²) in [5.74, 6) is 0.741. The number of esters is 1. The van der Waals surface area contributed by atoms with Crippen molar-refractivity contribution in [3.05, 3.63) is 72.1 Å². The number of nitrogens with one attached hydrogen (secondary N) is 1. The van der Waals surface area contributed by atoms with E-state index < -0.39 is 11.6 Å². The van der Waals surface area contributed by atoms with Gasteiger partial charge in [-0.25, -0.2) is 4.98 Å². The maximum absolute atomic E-state index is 12.1. The number of rotatable bonds is 9. The molecular formula is C27H31N5O4. The molecule has 4 rings (SSSR count). The van der Waals surface area contributed by atoms with Crippen molar-refractivity contribution in [3.8, 4) is 11.6 Å². The molecular weight excluding hydrogens is 458 g/mol. The molecule has 0 spiro atoms. The van der Waals surface area contributed by atoms with Crippen LogP contribution in [0.1, 0.15) is 38.8 Å². The quantitative estimate of drug-likeness (QED) is 0.203. The summed E-state index contributed by atoms with van der Waals surface area (Å²) in [7, 11) is 0. The van der Waals surface area contributed by atoms with Crippen molar-refractivity contribution in [2.75, 3.05) is 5.32 Å². The SMILES string of the molecule is CCn1cnc2c(OCc3ccc(OC(=O)C(C)(C)C)cc3)nc(NC(O)Cc3ccccc3)nc21. The Labute approximate surface area is 210 Å². The molecule has 0 saturated heterocycles. The Kier molecular flexibility index (Phi) is 7.49. The van der Waals surface area contributed by atoms with E-state index in [-0.39, 0.29) is 18.5 Å². The third-order valence-corrected chi connectivity index (χ3v) is 5.46. The van der Waals surface area contributed by atoms with E-state index in [0.717, 1.165) is 11.1 Å². The molecule has 36 heavy (non-hydrogen) atoms. The third kappa shape index (κ3) is 6.17. The topological polar surface area (TPSA) is 111 Å². The number of nitrogens with zero attached hydrogens (tertiary/aromatic N) is 4. The summed E-state index contributed by atoms with van der Waals surface area (Å²) in [6.45, 7) is 8.32. The van der Waals surface area contributed by atoms with E-state index in [0.29, 0.717) is 35.8 Å². The van der Waals surface area contributed by atoms with Gasteiger partial charge in [0.1, 0.15) is 18.6 Å². The van der Waals surface area contributed by atoms with Crippen LogP contribution < -0.4 is 14.8 Å². The van der Waals surface area contributed by atoms with E-state index in [1.807, 2.05) is 74.7 Å². The van der Waals surface area contributed by atoms with Gasteiger partial charge < -0.3 is 24.5 Å². The van der Waals surface area contributed by atoms with Crippen molar-refractivity contribution in [2.24, 2.45) is 5.41 Å². The number of aliphatic hydroxyl groups excluding tert-OH is 1. The van der Waals surface area contributed by atoms with Crippen LogP contribution in [-0.2, 0) is 24.4 Å². The van der Waals surface area contributed by atoms with Crippen LogP contribution in [0, 0.1) is 5.41 Å². The number of aryl methyl sites for hydroxylation is 1. The number of ether oxygens (including phenoxy) is 2. The Morgan fingerprint density at radius 3 is 2.44 bits per heavy atom. The van der Waals surface area contributed by atoms with Crippen molar-refractivity contribution >= 4 is 23.1 Å². The van der Waals surface area contributed by atoms with Crippen LogP contribution in [0.4, 0.5) is 5.95 Å². The number of fused-ring (bicyclic) bond motifs is 1. The van der Waals surface area contributed by atoms with Crippen molar-refractivity contribution in [1.29, 1.82) is 0 Å². The normalized spacial score (nSPS) is 12.4. The smallest absolute Gasteiger partial charge is 0.316 e. The molecule has 1 atom stereocenters. The summed E-state index contributed by atoms with van der Waals surface area (Å²) in [6, 6.07) is 16.8. The number of hydrogen-bond acceptors (Lipinski definition) is 8. The van der Waals surface area contributed by atoms with Gasteiger partial charge >= 0.3 is 5.97 Å². The summed E-state index contributed by atoms with van der Waals surface area (Å²) in [4.78, 5) is 25.6. The van der Waals surface area contributed by atoms with E-state index >= 15 is 0 Å². The van der Waals surface area contributed by atoms with Crippen molar-refractivity contribution in [1.82, 2.24) is 19.5 Å². The molecule has 0 amide bonds. The highest BCUT2D eigenvalue weighted by Crippen LogP contribution is 2.25. The third-order valence-electron chi connectivity index (χ3n) is 5.46. The first-order valence-electron chi connectivity index (χ1n) is 11.9. The van der Waals surface area contributed by atoms with E-state index in [1.165, 1.54) is 0 Å². The molecule has 0 aliphatic rings. The van der Waals surface area contributed by atoms with Crippen LogP contribution in [0.3, 0.4) is 0 Å². The van der Waals surface area contributed by atoms with E-state index in [9.17, 15) is 9.90 Å². The molecule has 2 heterocycles. The number of carbonyl (C=O) groups is 1. The van der Waals surface area contributed by atoms with Gasteiger partial charge in [0.15, 0.2) is 11.2 Å². The zero-order valence-electron chi connectivity index (χ0n) is 20.9. The number of aromatic nitrogens is 4. The average Bonchev–Trinajstić information content (AvgIpc) is 3.26. The fourth-order valence-electron chi connectivity index (χ4n) is 3.42. The summed E-state index contributed by atoms with van der Waals surface area (Å²) in [6.07, 6.45) is 1.21. The lowest BCUT2D eigenvalue weighted by Gasteiger charge is -2.16. The Morgan fingerprint density at radius 2 is 1.78 bits per heavy atom. The first-order chi connectivity index (χ1) is 17.2. The molecule has 4 aromatic rings. The van der Waals surface area contributed by atoms with Gasteiger partial charge in [-0.05, 0) is 51.0 Å². The predicted octanol–water partition coefficient (Wildman–Crippen LogP) is 4.35. The number of hydrogen-bond donors (Lipinski definition) is 2. The van der Waals surface area contributed by atoms with E-state index in [4.69, 9.17) is 9.47 Å². The maximum Gasteiger partial charge on any atom is 0.316 e. The minimum Gasteiger partial charge on any atom is -0.471 e. The van der Waals surface area contributed by atoms with Crippen molar-refractivity contribution < 1.29 is 19.4 Å².